The summed E-state index contributed by atoms with van der Waals surface area (Å²) >= 11 is 2.13. The molecule has 0 aliphatic heterocycles. The molecular formula is C23H19IN2O4. The van der Waals surface area contributed by atoms with Gasteiger partial charge in [0.25, 0.3) is 11.8 Å². The van der Waals surface area contributed by atoms with Crippen LogP contribution in [-0.2, 0) is 11.3 Å². The van der Waals surface area contributed by atoms with Crippen LogP contribution in [-0.4, -0.2) is 17.8 Å². The van der Waals surface area contributed by atoms with Crippen LogP contribution in [0.2, 0.25) is 0 Å². The van der Waals surface area contributed by atoms with E-state index in [-0.39, 0.29) is 11.8 Å². The van der Waals surface area contributed by atoms with Crippen molar-refractivity contribution >= 4 is 46.1 Å². The third-order valence-corrected chi connectivity index (χ3v) is 5.05. The summed E-state index contributed by atoms with van der Waals surface area (Å²) in [5.74, 6) is -0.629. The van der Waals surface area contributed by atoms with Gasteiger partial charge in [0.15, 0.2) is 0 Å². The number of esters is 1. The van der Waals surface area contributed by atoms with Crippen molar-refractivity contribution in [3.8, 4) is 5.75 Å². The van der Waals surface area contributed by atoms with Crippen molar-refractivity contribution in [2.45, 2.75) is 13.5 Å². The molecule has 0 radical (unpaired) electrons. The number of carbonyl (C=O) groups excluding carboxylic acids is 3. The van der Waals surface area contributed by atoms with Gasteiger partial charge in [-0.15, -0.1) is 0 Å². The van der Waals surface area contributed by atoms with Crippen molar-refractivity contribution in [2.75, 3.05) is 5.32 Å². The van der Waals surface area contributed by atoms with E-state index < -0.39 is 5.97 Å². The molecule has 0 unspecified atom stereocenters. The highest BCUT2D eigenvalue weighted by atomic mass is 127. The lowest BCUT2D eigenvalue weighted by atomic mass is 10.1. The summed E-state index contributed by atoms with van der Waals surface area (Å²) in [4.78, 5) is 36.0. The minimum Gasteiger partial charge on any atom is -0.427 e. The first-order valence-electron chi connectivity index (χ1n) is 9.14. The van der Waals surface area contributed by atoms with Crippen LogP contribution < -0.4 is 15.4 Å². The second kappa shape index (κ2) is 10.0. The number of halogens is 1. The predicted molar refractivity (Wildman–Crippen MR) is 122 cm³/mol. The highest BCUT2D eigenvalue weighted by Gasteiger charge is 2.11. The largest absolute Gasteiger partial charge is 0.427 e. The molecule has 0 saturated carbocycles. The number of ether oxygens (including phenoxy) is 1. The van der Waals surface area contributed by atoms with Gasteiger partial charge < -0.3 is 15.4 Å². The van der Waals surface area contributed by atoms with E-state index in [4.69, 9.17) is 4.74 Å². The maximum Gasteiger partial charge on any atom is 0.308 e. The predicted octanol–water partition coefficient (Wildman–Crippen LogP) is 4.40. The summed E-state index contributed by atoms with van der Waals surface area (Å²) < 4.78 is 5.89. The van der Waals surface area contributed by atoms with E-state index in [1.807, 2.05) is 24.3 Å². The zero-order valence-electron chi connectivity index (χ0n) is 16.1. The molecular weight excluding hydrogens is 495 g/mol. The van der Waals surface area contributed by atoms with Gasteiger partial charge in [0, 0.05) is 28.3 Å². The van der Waals surface area contributed by atoms with Gasteiger partial charge in [-0.05, 0) is 70.6 Å². The molecule has 152 valence electrons. The Kier molecular flexibility index (Phi) is 7.18. The van der Waals surface area contributed by atoms with E-state index in [9.17, 15) is 14.4 Å². The first kappa shape index (κ1) is 21.5. The normalized spacial score (nSPS) is 10.2. The van der Waals surface area contributed by atoms with Crippen molar-refractivity contribution < 1.29 is 19.1 Å². The molecule has 0 aromatic heterocycles. The van der Waals surface area contributed by atoms with Crippen LogP contribution in [0, 0.1) is 3.57 Å². The second-order valence-electron chi connectivity index (χ2n) is 6.44. The number of hydrogen-bond acceptors (Lipinski definition) is 4. The lowest BCUT2D eigenvalue weighted by Gasteiger charge is -2.10. The maximum absolute atomic E-state index is 12.5. The summed E-state index contributed by atoms with van der Waals surface area (Å²) in [6.07, 6.45) is 0. The zero-order valence-corrected chi connectivity index (χ0v) is 18.3. The molecule has 0 aliphatic carbocycles. The SMILES string of the molecule is CC(=O)Oc1cccc(C(=O)Nc2cccc(CNC(=O)c3ccccc3I)c2)c1. The fourth-order valence-corrected chi connectivity index (χ4v) is 3.38. The van der Waals surface area contributed by atoms with Gasteiger partial charge in [-0.3, -0.25) is 14.4 Å². The van der Waals surface area contributed by atoms with E-state index in [1.165, 1.54) is 13.0 Å². The molecule has 0 spiro atoms. The quantitative estimate of drug-likeness (QED) is 0.290. The van der Waals surface area contributed by atoms with Crippen molar-refractivity contribution in [3.05, 3.63) is 93.1 Å². The molecule has 30 heavy (non-hydrogen) atoms. The summed E-state index contributed by atoms with van der Waals surface area (Å²) in [7, 11) is 0. The number of benzene rings is 3. The van der Waals surface area contributed by atoms with Crippen LogP contribution in [0.5, 0.6) is 5.75 Å². The van der Waals surface area contributed by atoms with E-state index in [0.29, 0.717) is 29.1 Å². The topological polar surface area (TPSA) is 84.5 Å². The van der Waals surface area contributed by atoms with Gasteiger partial charge in [-0.2, -0.15) is 0 Å². The molecule has 0 saturated heterocycles. The van der Waals surface area contributed by atoms with Crippen LogP contribution in [0.15, 0.2) is 72.8 Å². The molecule has 2 amide bonds. The van der Waals surface area contributed by atoms with Gasteiger partial charge in [0.05, 0.1) is 5.56 Å². The maximum atomic E-state index is 12.5. The van der Waals surface area contributed by atoms with E-state index in [1.54, 1.807) is 42.5 Å². The van der Waals surface area contributed by atoms with Gasteiger partial charge in [0.1, 0.15) is 5.75 Å². The minimum absolute atomic E-state index is 0.156. The summed E-state index contributed by atoms with van der Waals surface area (Å²) in [6.45, 7) is 1.63. The third-order valence-electron chi connectivity index (χ3n) is 4.11. The third kappa shape index (κ3) is 5.90. The number of anilines is 1. The fraction of sp³-hybridized carbons (Fsp3) is 0.0870. The molecule has 0 aliphatic rings. The Morgan fingerprint density at radius 3 is 2.43 bits per heavy atom. The Morgan fingerprint density at radius 1 is 0.900 bits per heavy atom. The Morgan fingerprint density at radius 2 is 1.67 bits per heavy atom. The van der Waals surface area contributed by atoms with Crippen LogP contribution in [0.25, 0.3) is 0 Å². The number of carbonyl (C=O) groups is 3. The molecule has 3 aromatic rings. The summed E-state index contributed by atoms with van der Waals surface area (Å²) in [5, 5.41) is 5.70. The highest BCUT2D eigenvalue weighted by Crippen LogP contribution is 2.17. The van der Waals surface area contributed by atoms with E-state index >= 15 is 0 Å². The van der Waals surface area contributed by atoms with Crippen LogP contribution in [0.4, 0.5) is 5.69 Å². The zero-order chi connectivity index (χ0) is 21.5. The number of nitrogens with one attached hydrogen (secondary N) is 2. The monoisotopic (exact) mass is 514 g/mol. The molecule has 0 heterocycles. The minimum atomic E-state index is -0.451. The average Bonchev–Trinajstić information content (AvgIpc) is 2.72. The highest BCUT2D eigenvalue weighted by molar-refractivity contribution is 14.1. The lowest BCUT2D eigenvalue weighted by Crippen LogP contribution is -2.23. The average molecular weight is 514 g/mol. The van der Waals surface area contributed by atoms with Gasteiger partial charge in [0.2, 0.25) is 0 Å². The molecule has 2 N–H and O–H groups in total. The van der Waals surface area contributed by atoms with Gasteiger partial charge in [-0.25, -0.2) is 0 Å². The standard InChI is InChI=1S/C23H19IN2O4/c1-15(27)30-19-9-5-7-17(13-19)22(28)26-18-8-4-6-16(12-18)14-25-23(29)20-10-2-3-11-21(20)24/h2-13H,14H2,1H3,(H,25,29)(H,26,28). The Labute approximate surface area is 187 Å². The van der Waals surface area contributed by atoms with Crippen LogP contribution >= 0.6 is 22.6 Å². The number of amides is 2. The lowest BCUT2D eigenvalue weighted by molar-refractivity contribution is -0.131. The molecule has 0 atom stereocenters. The van der Waals surface area contributed by atoms with E-state index in [2.05, 4.69) is 33.2 Å². The fourth-order valence-electron chi connectivity index (χ4n) is 2.75. The molecule has 0 fully saturated rings. The Balaban J connectivity index is 1.64. The van der Waals surface area contributed by atoms with Gasteiger partial charge in [-0.1, -0.05) is 30.3 Å². The molecule has 7 heteroatoms. The molecule has 3 aromatic carbocycles. The Hall–Kier alpha value is -3.20. The molecule has 3 rings (SSSR count). The second-order valence-corrected chi connectivity index (χ2v) is 7.60. The van der Waals surface area contributed by atoms with E-state index in [0.717, 1.165) is 9.13 Å². The van der Waals surface area contributed by atoms with Crippen molar-refractivity contribution in [1.29, 1.82) is 0 Å². The Bertz CT molecular complexity index is 1100. The summed E-state index contributed by atoms with van der Waals surface area (Å²) in [6, 6.07) is 21.0. The van der Waals surface area contributed by atoms with Crippen LogP contribution in [0.1, 0.15) is 33.2 Å². The smallest absolute Gasteiger partial charge is 0.308 e. The van der Waals surface area contributed by atoms with Gasteiger partial charge >= 0.3 is 5.97 Å². The number of hydrogen-bond donors (Lipinski definition) is 2. The first-order chi connectivity index (χ1) is 14.4. The van der Waals surface area contributed by atoms with Crippen molar-refractivity contribution in [1.82, 2.24) is 5.32 Å². The molecule has 6 nitrogen and oxygen atoms in total. The van der Waals surface area contributed by atoms with Crippen LogP contribution in [0.3, 0.4) is 0 Å². The van der Waals surface area contributed by atoms with Crippen molar-refractivity contribution in [2.24, 2.45) is 0 Å². The van der Waals surface area contributed by atoms with Crippen molar-refractivity contribution in [3.63, 3.8) is 0 Å². The summed E-state index contributed by atoms with van der Waals surface area (Å²) in [5.41, 5.74) is 2.43. The number of rotatable bonds is 6. The molecule has 0 bridgehead atoms. The first-order valence-corrected chi connectivity index (χ1v) is 10.2.